The van der Waals surface area contributed by atoms with Crippen molar-refractivity contribution in [3.63, 3.8) is 0 Å². The first-order chi connectivity index (χ1) is 24.0. The van der Waals surface area contributed by atoms with Crippen molar-refractivity contribution < 1.29 is 14.7 Å². The number of hydrogen-bond donors (Lipinski definition) is 4. The van der Waals surface area contributed by atoms with Gasteiger partial charge in [-0.2, -0.15) is 0 Å². The van der Waals surface area contributed by atoms with Crippen LogP contribution in [0.5, 0.6) is 0 Å². The number of nitrogens with one attached hydrogen (secondary N) is 2. The molecule has 0 aromatic carbocycles. The fraction of sp³-hybridized carbons (Fsp3) is 0.864. The second kappa shape index (κ2) is 40.1. The minimum absolute atomic E-state index is 0. The number of allylic oxidation sites excluding steroid dienone is 4. The number of aliphatic hydroxyl groups excluding tert-OH is 1. The SMILES string of the molecule is CCCCCCCC/C=C\CCCCCCCC(=O)NCCC(C)(CCO)CCNC(=O)CCCCCCC/C=C\CCCCCCCC.N. The molecule has 0 saturated heterocycles. The number of hydrogen-bond acceptors (Lipinski definition) is 4. The van der Waals surface area contributed by atoms with Crippen molar-refractivity contribution in [3.05, 3.63) is 24.3 Å². The largest absolute Gasteiger partial charge is 0.396 e. The van der Waals surface area contributed by atoms with Gasteiger partial charge in [0.05, 0.1) is 0 Å². The molecule has 0 bridgehead atoms. The molecule has 0 heterocycles. The third-order valence-corrected chi connectivity index (χ3v) is 10.1. The molecule has 0 aliphatic rings. The van der Waals surface area contributed by atoms with Crippen molar-refractivity contribution in [1.29, 1.82) is 0 Å². The van der Waals surface area contributed by atoms with Crippen LogP contribution in [0, 0.1) is 5.41 Å². The molecule has 6 nitrogen and oxygen atoms in total. The minimum atomic E-state index is -0.0958. The first-order valence-corrected chi connectivity index (χ1v) is 21.4. The second-order valence-corrected chi connectivity index (χ2v) is 15.2. The lowest BCUT2D eigenvalue weighted by Crippen LogP contribution is -2.33. The van der Waals surface area contributed by atoms with Gasteiger partial charge in [0.15, 0.2) is 0 Å². The molecule has 6 N–H and O–H groups in total. The predicted molar refractivity (Wildman–Crippen MR) is 219 cm³/mol. The van der Waals surface area contributed by atoms with Gasteiger partial charge in [0, 0.05) is 32.5 Å². The van der Waals surface area contributed by atoms with Gasteiger partial charge >= 0.3 is 0 Å². The lowest BCUT2D eigenvalue weighted by molar-refractivity contribution is -0.121. The Morgan fingerprint density at radius 2 is 0.780 bits per heavy atom. The third-order valence-electron chi connectivity index (χ3n) is 10.1. The van der Waals surface area contributed by atoms with Gasteiger partial charge in [-0.1, -0.05) is 148 Å². The van der Waals surface area contributed by atoms with Gasteiger partial charge in [0.2, 0.25) is 11.8 Å². The molecule has 0 aliphatic heterocycles. The maximum atomic E-state index is 12.4. The zero-order chi connectivity index (χ0) is 35.9. The van der Waals surface area contributed by atoms with Crippen LogP contribution in [-0.4, -0.2) is 36.6 Å². The summed E-state index contributed by atoms with van der Waals surface area (Å²) < 4.78 is 0. The third kappa shape index (κ3) is 37.6. The standard InChI is InChI=1S/C44H84N2O3.H3N/c1-4-6-8-10-12-14-16-18-20-22-24-26-28-30-32-34-42(48)45-39-36-44(3,38-41-47)37-40-46-43(49)35-33-31-29-27-25-23-21-19-17-15-13-11-9-7-5-2;/h18-21,47H,4-17,22-41H2,1-3H3,(H,45,48)(H,46,49);1H3/b20-18-,21-19-;. The van der Waals surface area contributed by atoms with Crippen LogP contribution >= 0.6 is 0 Å². The van der Waals surface area contributed by atoms with Crippen molar-refractivity contribution in [1.82, 2.24) is 16.8 Å². The van der Waals surface area contributed by atoms with Gasteiger partial charge in [-0.25, -0.2) is 0 Å². The molecule has 0 aromatic rings. The first kappa shape index (κ1) is 50.4. The summed E-state index contributed by atoms with van der Waals surface area (Å²) >= 11 is 0. The molecule has 50 heavy (non-hydrogen) atoms. The Hall–Kier alpha value is -1.66. The number of carbonyl (C=O) groups is 2. The zero-order valence-corrected chi connectivity index (χ0v) is 33.8. The molecule has 0 rings (SSSR count). The van der Waals surface area contributed by atoms with E-state index in [2.05, 4.69) is 55.7 Å². The van der Waals surface area contributed by atoms with Crippen LogP contribution in [0.15, 0.2) is 24.3 Å². The lowest BCUT2D eigenvalue weighted by atomic mass is 9.80. The molecule has 0 radical (unpaired) electrons. The van der Waals surface area contributed by atoms with Crippen molar-refractivity contribution in [2.24, 2.45) is 5.41 Å². The average molecular weight is 706 g/mol. The maximum Gasteiger partial charge on any atom is 0.219 e. The lowest BCUT2D eigenvalue weighted by Gasteiger charge is -2.29. The fourth-order valence-electron chi connectivity index (χ4n) is 6.54. The minimum Gasteiger partial charge on any atom is -0.396 e. The highest BCUT2D eigenvalue weighted by atomic mass is 16.3. The van der Waals surface area contributed by atoms with Gasteiger partial charge in [0.25, 0.3) is 0 Å². The highest BCUT2D eigenvalue weighted by molar-refractivity contribution is 5.76. The Morgan fingerprint density at radius 1 is 0.480 bits per heavy atom. The topological polar surface area (TPSA) is 113 Å². The van der Waals surface area contributed by atoms with Crippen LogP contribution in [0.3, 0.4) is 0 Å². The van der Waals surface area contributed by atoms with Crippen molar-refractivity contribution in [2.75, 3.05) is 19.7 Å². The van der Waals surface area contributed by atoms with Gasteiger partial charge in [-0.3, -0.25) is 9.59 Å². The summed E-state index contributed by atoms with van der Waals surface area (Å²) in [6.07, 6.45) is 45.7. The normalized spacial score (nSPS) is 11.8. The van der Waals surface area contributed by atoms with Gasteiger partial charge in [-0.15, -0.1) is 0 Å². The monoisotopic (exact) mass is 706 g/mol. The van der Waals surface area contributed by atoms with E-state index in [9.17, 15) is 14.7 Å². The summed E-state index contributed by atoms with van der Waals surface area (Å²) in [6, 6.07) is 0. The molecule has 0 saturated carbocycles. The van der Waals surface area contributed by atoms with E-state index in [1.165, 1.54) is 141 Å². The smallest absolute Gasteiger partial charge is 0.219 e. The molecule has 0 aliphatic carbocycles. The van der Waals surface area contributed by atoms with E-state index < -0.39 is 0 Å². The summed E-state index contributed by atoms with van der Waals surface area (Å²) in [4.78, 5) is 24.8. The summed E-state index contributed by atoms with van der Waals surface area (Å²) in [7, 11) is 0. The Kier molecular flexibility index (Phi) is 40.5. The van der Waals surface area contributed by atoms with Gasteiger partial charge in [0.1, 0.15) is 0 Å². The van der Waals surface area contributed by atoms with E-state index in [1.54, 1.807) is 0 Å². The highest BCUT2D eigenvalue weighted by Gasteiger charge is 2.23. The Balaban J connectivity index is 0. The molecule has 0 fully saturated rings. The summed E-state index contributed by atoms with van der Waals surface area (Å²) in [6.45, 7) is 8.08. The van der Waals surface area contributed by atoms with E-state index in [4.69, 9.17) is 0 Å². The van der Waals surface area contributed by atoms with Crippen LogP contribution in [0.2, 0.25) is 0 Å². The fourth-order valence-corrected chi connectivity index (χ4v) is 6.54. The molecule has 0 aromatic heterocycles. The maximum absolute atomic E-state index is 12.4. The molecule has 0 spiro atoms. The Morgan fingerprint density at radius 3 is 1.10 bits per heavy atom. The van der Waals surface area contributed by atoms with Crippen molar-refractivity contribution >= 4 is 11.8 Å². The van der Waals surface area contributed by atoms with Crippen LogP contribution < -0.4 is 16.8 Å². The molecule has 2 amide bonds. The van der Waals surface area contributed by atoms with Gasteiger partial charge in [-0.05, 0) is 88.9 Å². The van der Waals surface area contributed by atoms with Crippen LogP contribution in [0.25, 0.3) is 0 Å². The van der Waals surface area contributed by atoms with E-state index >= 15 is 0 Å². The van der Waals surface area contributed by atoms with E-state index in [0.29, 0.717) is 32.4 Å². The Labute approximate surface area is 311 Å². The first-order valence-electron chi connectivity index (χ1n) is 21.4. The van der Waals surface area contributed by atoms with Gasteiger partial charge < -0.3 is 21.9 Å². The average Bonchev–Trinajstić information content (AvgIpc) is 3.08. The number of amides is 2. The number of carbonyl (C=O) groups excluding carboxylic acids is 2. The molecular weight excluding hydrogens is 619 g/mol. The van der Waals surface area contributed by atoms with E-state index in [-0.39, 0.29) is 30.0 Å². The van der Waals surface area contributed by atoms with Crippen LogP contribution in [-0.2, 0) is 9.59 Å². The Bertz CT molecular complexity index is 724. The highest BCUT2D eigenvalue weighted by Crippen LogP contribution is 2.29. The molecule has 296 valence electrons. The molecular formula is C44H87N3O3. The van der Waals surface area contributed by atoms with Crippen LogP contribution in [0.1, 0.15) is 220 Å². The predicted octanol–water partition coefficient (Wildman–Crippen LogP) is 12.6. The summed E-state index contributed by atoms with van der Waals surface area (Å²) in [5, 5.41) is 15.8. The quantitative estimate of drug-likeness (QED) is 0.0378. The summed E-state index contributed by atoms with van der Waals surface area (Å²) in [5.74, 6) is 0.273. The van der Waals surface area contributed by atoms with Crippen LogP contribution in [0.4, 0.5) is 0 Å². The molecule has 0 atom stereocenters. The second-order valence-electron chi connectivity index (χ2n) is 15.2. The van der Waals surface area contributed by atoms with E-state index in [1.807, 2.05) is 0 Å². The molecule has 0 unspecified atom stereocenters. The number of unbranched alkanes of at least 4 members (excludes halogenated alkanes) is 22. The van der Waals surface area contributed by atoms with E-state index in [0.717, 1.165) is 38.5 Å². The van der Waals surface area contributed by atoms with Crippen molar-refractivity contribution in [2.45, 2.75) is 220 Å². The summed E-state index contributed by atoms with van der Waals surface area (Å²) in [5.41, 5.74) is -0.0958. The zero-order valence-electron chi connectivity index (χ0n) is 33.8. The number of rotatable bonds is 38. The number of aliphatic hydroxyl groups is 1. The molecule has 6 heteroatoms. The van der Waals surface area contributed by atoms with Crippen molar-refractivity contribution in [3.8, 4) is 0 Å².